The number of benzene rings is 1. The predicted octanol–water partition coefficient (Wildman–Crippen LogP) is 0.306. The van der Waals surface area contributed by atoms with E-state index in [0.717, 1.165) is 23.6 Å². The third-order valence-corrected chi connectivity index (χ3v) is 4.61. The molecule has 0 aromatic heterocycles. The minimum atomic E-state index is -3.40. The summed E-state index contributed by atoms with van der Waals surface area (Å²) in [6.07, 6.45) is 2.15. The average molecular weight is 320 g/mol. The van der Waals surface area contributed by atoms with E-state index in [1.165, 1.54) is 4.31 Å². The lowest BCUT2D eigenvalue weighted by Gasteiger charge is -2.20. The van der Waals surface area contributed by atoms with Gasteiger partial charge in [-0.15, -0.1) is 0 Å². The van der Waals surface area contributed by atoms with Crippen molar-refractivity contribution < 1.29 is 16.8 Å². The molecule has 1 N–H and O–H groups in total. The Morgan fingerprint density at radius 1 is 1.15 bits per heavy atom. The highest BCUT2D eigenvalue weighted by Gasteiger charge is 2.17. The van der Waals surface area contributed by atoms with Crippen LogP contribution in [0.3, 0.4) is 0 Å². The standard InChI is InChI=1S/C12H20N2O4S2/c1-11-5-4-6-12(9-11)10-14(20(3,17)18)8-7-13-19(2,15)16/h4-6,9,13H,7-8,10H2,1-3H3. The fourth-order valence-corrected chi connectivity index (χ4v) is 3.00. The lowest BCUT2D eigenvalue weighted by atomic mass is 10.1. The topological polar surface area (TPSA) is 83.6 Å². The maximum Gasteiger partial charge on any atom is 0.211 e. The van der Waals surface area contributed by atoms with Crippen molar-refractivity contribution in [1.82, 2.24) is 9.03 Å². The molecular weight excluding hydrogens is 300 g/mol. The zero-order chi connectivity index (χ0) is 15.4. The minimum Gasteiger partial charge on any atom is -0.214 e. The van der Waals surface area contributed by atoms with Gasteiger partial charge in [0.05, 0.1) is 12.5 Å². The first kappa shape index (κ1) is 17.1. The minimum absolute atomic E-state index is 0.0533. The van der Waals surface area contributed by atoms with E-state index in [2.05, 4.69) is 4.72 Å². The molecular formula is C12H20N2O4S2. The molecule has 0 saturated heterocycles. The number of rotatable bonds is 7. The van der Waals surface area contributed by atoms with E-state index in [0.29, 0.717) is 0 Å². The molecule has 0 aliphatic heterocycles. The molecule has 0 spiro atoms. The highest BCUT2D eigenvalue weighted by Crippen LogP contribution is 2.10. The highest BCUT2D eigenvalue weighted by atomic mass is 32.2. The molecule has 0 radical (unpaired) electrons. The van der Waals surface area contributed by atoms with E-state index < -0.39 is 20.0 Å². The molecule has 1 aromatic rings. The van der Waals surface area contributed by atoms with Crippen molar-refractivity contribution in [3.8, 4) is 0 Å². The smallest absolute Gasteiger partial charge is 0.211 e. The van der Waals surface area contributed by atoms with Gasteiger partial charge in [-0.3, -0.25) is 0 Å². The molecule has 0 bridgehead atoms. The molecule has 20 heavy (non-hydrogen) atoms. The summed E-state index contributed by atoms with van der Waals surface area (Å²) in [6.45, 7) is 2.31. The second-order valence-corrected chi connectivity index (χ2v) is 8.57. The summed E-state index contributed by atoms with van der Waals surface area (Å²) in [6, 6.07) is 7.54. The quantitative estimate of drug-likeness (QED) is 0.783. The van der Waals surface area contributed by atoms with Crippen LogP contribution in [0.5, 0.6) is 0 Å². The van der Waals surface area contributed by atoms with Gasteiger partial charge in [0.1, 0.15) is 0 Å². The molecule has 1 aromatic carbocycles. The first-order valence-corrected chi connectivity index (χ1v) is 9.77. The number of hydrogen-bond acceptors (Lipinski definition) is 4. The van der Waals surface area contributed by atoms with Crippen LogP contribution in [0.1, 0.15) is 11.1 Å². The lowest BCUT2D eigenvalue weighted by molar-refractivity contribution is 0.412. The summed E-state index contributed by atoms with van der Waals surface area (Å²) in [5.41, 5.74) is 1.92. The van der Waals surface area contributed by atoms with E-state index in [9.17, 15) is 16.8 Å². The molecule has 6 nitrogen and oxygen atoms in total. The molecule has 0 amide bonds. The Hall–Kier alpha value is -0.960. The molecule has 8 heteroatoms. The van der Waals surface area contributed by atoms with Crippen molar-refractivity contribution >= 4 is 20.0 Å². The van der Waals surface area contributed by atoms with Crippen LogP contribution in [0.15, 0.2) is 24.3 Å². The number of aryl methyl sites for hydroxylation is 1. The van der Waals surface area contributed by atoms with Crippen molar-refractivity contribution in [3.63, 3.8) is 0 Å². The molecule has 0 heterocycles. The van der Waals surface area contributed by atoms with Crippen LogP contribution in [0, 0.1) is 6.92 Å². The molecule has 1 rings (SSSR count). The third-order valence-electron chi connectivity index (χ3n) is 2.64. The van der Waals surface area contributed by atoms with Crippen LogP contribution in [0.4, 0.5) is 0 Å². The van der Waals surface area contributed by atoms with E-state index in [1.807, 2.05) is 31.2 Å². The van der Waals surface area contributed by atoms with Crippen LogP contribution < -0.4 is 4.72 Å². The SMILES string of the molecule is Cc1cccc(CN(CCNS(C)(=O)=O)S(C)(=O)=O)c1. The Balaban J connectivity index is 2.76. The Morgan fingerprint density at radius 2 is 1.80 bits per heavy atom. The van der Waals surface area contributed by atoms with E-state index in [4.69, 9.17) is 0 Å². The van der Waals surface area contributed by atoms with Crippen molar-refractivity contribution in [3.05, 3.63) is 35.4 Å². The van der Waals surface area contributed by atoms with Crippen LogP contribution in [0.25, 0.3) is 0 Å². The maximum absolute atomic E-state index is 11.7. The van der Waals surface area contributed by atoms with E-state index in [1.54, 1.807) is 0 Å². The molecule has 0 aliphatic rings. The lowest BCUT2D eigenvalue weighted by Crippen LogP contribution is -2.37. The second-order valence-electron chi connectivity index (χ2n) is 4.75. The fraction of sp³-hybridized carbons (Fsp3) is 0.500. The van der Waals surface area contributed by atoms with Gasteiger partial charge in [-0.1, -0.05) is 29.8 Å². The van der Waals surface area contributed by atoms with Crippen molar-refractivity contribution in [1.29, 1.82) is 0 Å². The van der Waals surface area contributed by atoms with E-state index in [-0.39, 0.29) is 19.6 Å². The maximum atomic E-state index is 11.7. The Kier molecular flexibility index (Phi) is 5.69. The highest BCUT2D eigenvalue weighted by molar-refractivity contribution is 7.88. The zero-order valence-corrected chi connectivity index (χ0v) is 13.5. The normalized spacial score (nSPS) is 12.8. The molecule has 0 fully saturated rings. The van der Waals surface area contributed by atoms with Gasteiger partial charge in [0.2, 0.25) is 20.0 Å². The number of sulfonamides is 2. The van der Waals surface area contributed by atoms with Crippen molar-refractivity contribution in [2.45, 2.75) is 13.5 Å². The van der Waals surface area contributed by atoms with Gasteiger partial charge in [-0.25, -0.2) is 21.6 Å². The zero-order valence-electron chi connectivity index (χ0n) is 11.8. The summed E-state index contributed by atoms with van der Waals surface area (Å²) < 4.78 is 49.0. The van der Waals surface area contributed by atoms with Gasteiger partial charge in [-0.05, 0) is 12.5 Å². The average Bonchev–Trinajstić information content (AvgIpc) is 2.24. The van der Waals surface area contributed by atoms with Gasteiger partial charge >= 0.3 is 0 Å². The number of nitrogens with one attached hydrogen (secondary N) is 1. The first-order chi connectivity index (χ1) is 9.08. The van der Waals surface area contributed by atoms with Gasteiger partial charge in [0.15, 0.2) is 0 Å². The summed E-state index contributed by atoms with van der Waals surface area (Å²) >= 11 is 0. The molecule has 0 aliphatic carbocycles. The Morgan fingerprint density at radius 3 is 2.30 bits per heavy atom. The summed E-state index contributed by atoms with van der Waals surface area (Å²) in [7, 11) is -6.71. The second kappa shape index (κ2) is 6.66. The van der Waals surface area contributed by atoms with Crippen molar-refractivity contribution in [2.24, 2.45) is 0 Å². The summed E-state index contributed by atoms with van der Waals surface area (Å²) in [5.74, 6) is 0. The van der Waals surface area contributed by atoms with Crippen molar-refractivity contribution in [2.75, 3.05) is 25.6 Å². The molecule has 0 unspecified atom stereocenters. The van der Waals surface area contributed by atoms with Crippen LogP contribution in [-0.4, -0.2) is 46.7 Å². The first-order valence-electron chi connectivity index (χ1n) is 6.03. The number of hydrogen-bond donors (Lipinski definition) is 1. The fourth-order valence-electron chi connectivity index (χ4n) is 1.73. The number of nitrogens with zero attached hydrogens (tertiary/aromatic N) is 1. The van der Waals surface area contributed by atoms with E-state index >= 15 is 0 Å². The van der Waals surface area contributed by atoms with Gasteiger partial charge < -0.3 is 0 Å². The summed E-state index contributed by atoms with van der Waals surface area (Å²) in [5, 5.41) is 0. The van der Waals surface area contributed by atoms with Crippen LogP contribution >= 0.6 is 0 Å². The summed E-state index contributed by atoms with van der Waals surface area (Å²) in [4.78, 5) is 0. The third kappa shape index (κ3) is 6.47. The van der Waals surface area contributed by atoms with Gasteiger partial charge in [-0.2, -0.15) is 4.31 Å². The van der Waals surface area contributed by atoms with Crippen LogP contribution in [-0.2, 0) is 26.6 Å². The molecule has 0 saturated carbocycles. The Bertz CT molecular complexity index is 654. The van der Waals surface area contributed by atoms with Crippen LogP contribution in [0.2, 0.25) is 0 Å². The predicted molar refractivity (Wildman–Crippen MR) is 79.3 cm³/mol. The van der Waals surface area contributed by atoms with Gasteiger partial charge in [0, 0.05) is 19.6 Å². The van der Waals surface area contributed by atoms with Gasteiger partial charge in [0.25, 0.3) is 0 Å². The molecule has 114 valence electrons. The monoisotopic (exact) mass is 320 g/mol. The molecule has 0 atom stereocenters. The Labute approximate surface area is 120 Å². The largest absolute Gasteiger partial charge is 0.214 e.